The molecule has 0 fully saturated rings. The third-order valence-electron chi connectivity index (χ3n) is 3.04. The minimum atomic E-state index is -0.737. The number of hydrogen-bond donors (Lipinski definition) is 2. The molecule has 0 bridgehead atoms. The topological polar surface area (TPSA) is 72.2 Å². The van der Waals surface area contributed by atoms with E-state index in [9.17, 15) is 9.59 Å². The summed E-state index contributed by atoms with van der Waals surface area (Å²) in [6, 6.07) is 15.5. The van der Waals surface area contributed by atoms with Gasteiger partial charge in [0.2, 0.25) is 5.91 Å². The average molecular weight is 347 g/mol. The molecule has 0 saturated heterocycles. The fourth-order valence-corrected chi connectivity index (χ4v) is 2.17. The van der Waals surface area contributed by atoms with Crippen molar-refractivity contribution in [2.45, 2.75) is 12.5 Å². The van der Waals surface area contributed by atoms with Crippen molar-refractivity contribution in [1.29, 1.82) is 0 Å². The molecule has 21 heavy (non-hydrogen) atoms. The lowest BCUT2D eigenvalue weighted by Crippen LogP contribution is -2.45. The first-order chi connectivity index (χ1) is 10.1. The lowest BCUT2D eigenvalue weighted by Gasteiger charge is -2.15. The van der Waals surface area contributed by atoms with E-state index in [1.54, 1.807) is 24.3 Å². The highest BCUT2D eigenvalue weighted by Crippen LogP contribution is 2.12. The second kappa shape index (κ2) is 7.04. The molecule has 0 aromatic heterocycles. The van der Waals surface area contributed by atoms with Gasteiger partial charge in [0, 0.05) is 16.5 Å². The summed E-state index contributed by atoms with van der Waals surface area (Å²) in [6.07, 6.45) is 0.362. The van der Waals surface area contributed by atoms with E-state index in [0.717, 1.165) is 10.0 Å². The molecule has 1 atom stereocenters. The number of halogens is 1. The predicted molar refractivity (Wildman–Crippen MR) is 84.7 cm³/mol. The Morgan fingerprint density at radius 1 is 1.05 bits per heavy atom. The van der Waals surface area contributed by atoms with Crippen LogP contribution in [0.1, 0.15) is 15.9 Å². The van der Waals surface area contributed by atoms with Crippen LogP contribution in [-0.2, 0) is 11.2 Å². The number of hydrogen-bond acceptors (Lipinski definition) is 2. The maximum atomic E-state index is 12.1. The normalized spacial score (nSPS) is 11.7. The molecule has 0 aliphatic carbocycles. The first-order valence-electron chi connectivity index (χ1n) is 6.46. The van der Waals surface area contributed by atoms with E-state index >= 15 is 0 Å². The molecule has 2 amide bonds. The van der Waals surface area contributed by atoms with Crippen LogP contribution in [0.3, 0.4) is 0 Å². The number of nitrogens with one attached hydrogen (secondary N) is 1. The van der Waals surface area contributed by atoms with Gasteiger partial charge in [-0.3, -0.25) is 9.59 Å². The van der Waals surface area contributed by atoms with Crippen LogP contribution >= 0.6 is 15.9 Å². The highest BCUT2D eigenvalue weighted by molar-refractivity contribution is 9.10. The third kappa shape index (κ3) is 4.43. The van der Waals surface area contributed by atoms with Crippen molar-refractivity contribution in [3.8, 4) is 0 Å². The molecule has 0 unspecified atom stereocenters. The lowest BCUT2D eigenvalue weighted by atomic mass is 10.0. The van der Waals surface area contributed by atoms with Crippen molar-refractivity contribution >= 4 is 27.7 Å². The number of rotatable bonds is 5. The van der Waals surface area contributed by atoms with E-state index in [1.165, 1.54) is 0 Å². The summed E-state index contributed by atoms with van der Waals surface area (Å²) in [5.41, 5.74) is 6.80. The van der Waals surface area contributed by atoms with Crippen LogP contribution in [0, 0.1) is 0 Å². The van der Waals surface area contributed by atoms with E-state index < -0.39 is 11.9 Å². The molecule has 0 heterocycles. The molecule has 3 N–H and O–H groups in total. The van der Waals surface area contributed by atoms with Crippen molar-refractivity contribution < 1.29 is 9.59 Å². The van der Waals surface area contributed by atoms with Crippen molar-refractivity contribution in [2.24, 2.45) is 5.73 Å². The number of carbonyl (C=O) groups is 2. The van der Waals surface area contributed by atoms with Crippen LogP contribution in [0.4, 0.5) is 0 Å². The Hall–Kier alpha value is -2.14. The van der Waals surface area contributed by atoms with Gasteiger partial charge >= 0.3 is 0 Å². The quantitative estimate of drug-likeness (QED) is 0.871. The van der Waals surface area contributed by atoms with Gasteiger partial charge in [0.1, 0.15) is 6.04 Å². The van der Waals surface area contributed by atoms with Crippen molar-refractivity contribution in [2.75, 3.05) is 0 Å². The van der Waals surface area contributed by atoms with Gasteiger partial charge in [0.15, 0.2) is 0 Å². The van der Waals surface area contributed by atoms with Gasteiger partial charge in [-0.2, -0.15) is 0 Å². The summed E-state index contributed by atoms with van der Waals surface area (Å²) in [6.45, 7) is 0. The lowest BCUT2D eigenvalue weighted by molar-refractivity contribution is -0.119. The molecule has 0 spiro atoms. The Kier molecular flexibility index (Phi) is 5.11. The highest BCUT2D eigenvalue weighted by atomic mass is 79.9. The summed E-state index contributed by atoms with van der Waals surface area (Å²) in [7, 11) is 0. The fourth-order valence-electron chi connectivity index (χ4n) is 1.91. The molecule has 0 aliphatic rings. The molecule has 2 aromatic rings. The minimum absolute atomic E-state index is 0.309. The van der Waals surface area contributed by atoms with Crippen LogP contribution in [0.25, 0.3) is 0 Å². The Bertz CT molecular complexity index is 626. The Balaban J connectivity index is 2.07. The van der Waals surface area contributed by atoms with Crippen LogP contribution in [0.5, 0.6) is 0 Å². The molecule has 0 saturated carbocycles. The maximum Gasteiger partial charge on any atom is 0.251 e. The first-order valence-corrected chi connectivity index (χ1v) is 7.25. The first kappa shape index (κ1) is 15.3. The Morgan fingerprint density at radius 2 is 1.67 bits per heavy atom. The molecule has 108 valence electrons. The van der Waals surface area contributed by atoms with Crippen LogP contribution in [-0.4, -0.2) is 17.9 Å². The number of primary amides is 1. The molecule has 5 heteroatoms. The van der Waals surface area contributed by atoms with E-state index in [-0.39, 0.29) is 5.91 Å². The van der Waals surface area contributed by atoms with Gasteiger partial charge < -0.3 is 11.1 Å². The third-order valence-corrected chi connectivity index (χ3v) is 3.57. The zero-order chi connectivity index (χ0) is 15.2. The van der Waals surface area contributed by atoms with E-state index in [4.69, 9.17) is 5.73 Å². The summed E-state index contributed by atoms with van der Waals surface area (Å²) in [4.78, 5) is 23.6. The molecular weight excluding hydrogens is 332 g/mol. The van der Waals surface area contributed by atoms with Crippen molar-refractivity contribution in [3.05, 3.63) is 70.2 Å². The van der Waals surface area contributed by atoms with Crippen LogP contribution < -0.4 is 11.1 Å². The highest BCUT2D eigenvalue weighted by Gasteiger charge is 2.19. The molecule has 4 nitrogen and oxygen atoms in total. The molecule has 0 aliphatic heterocycles. The van der Waals surface area contributed by atoms with Gasteiger partial charge in [-0.05, 0) is 29.8 Å². The molecule has 2 aromatic carbocycles. The molecule has 2 rings (SSSR count). The zero-order valence-electron chi connectivity index (χ0n) is 11.3. The van der Waals surface area contributed by atoms with Crippen molar-refractivity contribution in [3.63, 3.8) is 0 Å². The monoisotopic (exact) mass is 346 g/mol. The summed E-state index contributed by atoms with van der Waals surface area (Å²) in [5, 5.41) is 2.67. The number of nitrogens with two attached hydrogens (primary N) is 1. The number of amides is 2. The van der Waals surface area contributed by atoms with Gasteiger partial charge in [-0.25, -0.2) is 0 Å². The number of carbonyl (C=O) groups excluding carboxylic acids is 2. The fraction of sp³-hybridized carbons (Fsp3) is 0.125. The largest absolute Gasteiger partial charge is 0.368 e. The van der Waals surface area contributed by atoms with Gasteiger partial charge in [0.25, 0.3) is 5.91 Å². The van der Waals surface area contributed by atoms with Gasteiger partial charge in [-0.15, -0.1) is 0 Å². The molecule has 0 radical (unpaired) electrons. The Labute approximate surface area is 131 Å². The second-order valence-electron chi connectivity index (χ2n) is 4.63. The van der Waals surface area contributed by atoms with E-state index in [1.807, 2.05) is 30.3 Å². The molecular formula is C16H15BrN2O2. The minimum Gasteiger partial charge on any atom is -0.368 e. The average Bonchev–Trinajstić information content (AvgIpc) is 2.49. The maximum absolute atomic E-state index is 12.1. The summed E-state index contributed by atoms with van der Waals surface area (Å²) < 4.78 is 0.954. The SMILES string of the molecule is NC(=O)[C@H](Cc1ccc(Br)cc1)NC(=O)c1ccccc1. The van der Waals surface area contributed by atoms with Crippen molar-refractivity contribution in [1.82, 2.24) is 5.32 Å². The smallest absolute Gasteiger partial charge is 0.251 e. The standard InChI is InChI=1S/C16H15BrN2O2/c17-13-8-6-11(7-9-13)10-14(15(18)20)19-16(21)12-4-2-1-3-5-12/h1-9,14H,10H2,(H2,18,20)(H,19,21)/t14-/m0/s1. The zero-order valence-corrected chi connectivity index (χ0v) is 12.8. The van der Waals surface area contributed by atoms with Gasteiger partial charge in [0.05, 0.1) is 0 Å². The predicted octanol–water partition coefficient (Wildman–Crippen LogP) is 2.28. The van der Waals surface area contributed by atoms with Crippen LogP contribution in [0.2, 0.25) is 0 Å². The van der Waals surface area contributed by atoms with Gasteiger partial charge in [-0.1, -0.05) is 46.3 Å². The van der Waals surface area contributed by atoms with Crippen LogP contribution in [0.15, 0.2) is 59.1 Å². The number of benzene rings is 2. The summed E-state index contributed by atoms with van der Waals surface area (Å²) in [5.74, 6) is -0.862. The Morgan fingerprint density at radius 3 is 2.24 bits per heavy atom. The van der Waals surface area contributed by atoms with E-state index in [2.05, 4.69) is 21.2 Å². The second-order valence-corrected chi connectivity index (χ2v) is 5.54. The van der Waals surface area contributed by atoms with E-state index in [0.29, 0.717) is 12.0 Å². The summed E-state index contributed by atoms with van der Waals surface area (Å²) >= 11 is 3.35.